The molecule has 1 heterocycles. The summed E-state index contributed by atoms with van der Waals surface area (Å²) >= 11 is 0. The Labute approximate surface area is 106 Å². The van der Waals surface area contributed by atoms with Crippen LogP contribution in [0.5, 0.6) is 0 Å². The van der Waals surface area contributed by atoms with Crippen LogP contribution in [-0.2, 0) is 16.1 Å². The standard InChI is InChI=1S/C14H17NO3/c16-14(17)13(12-10-7-18-8-11(10)12)15-6-9-4-2-1-3-5-9/h1-5,10-13,15H,6-8H2,(H,16,17)/t10-,11-,13+/m0/s1. The third-order valence-electron chi connectivity index (χ3n) is 4.04. The number of carbonyl (C=O) groups is 1. The molecule has 18 heavy (non-hydrogen) atoms. The highest BCUT2D eigenvalue weighted by molar-refractivity contribution is 5.74. The van der Waals surface area contributed by atoms with Gasteiger partial charge < -0.3 is 15.2 Å². The number of ether oxygens (including phenoxy) is 1. The fourth-order valence-electron chi connectivity index (χ4n) is 2.99. The van der Waals surface area contributed by atoms with E-state index in [-0.39, 0.29) is 5.92 Å². The number of fused-ring (bicyclic) bond motifs is 1. The molecule has 1 aliphatic carbocycles. The normalized spacial score (nSPS) is 30.8. The summed E-state index contributed by atoms with van der Waals surface area (Å²) < 4.78 is 5.31. The molecule has 0 spiro atoms. The Morgan fingerprint density at radius 2 is 2.00 bits per heavy atom. The number of nitrogens with one attached hydrogen (secondary N) is 1. The summed E-state index contributed by atoms with van der Waals surface area (Å²) in [5, 5.41) is 12.5. The Balaban J connectivity index is 1.60. The molecule has 2 fully saturated rings. The number of rotatable bonds is 5. The van der Waals surface area contributed by atoms with Crippen LogP contribution in [0.2, 0.25) is 0 Å². The molecule has 2 N–H and O–H groups in total. The maximum atomic E-state index is 11.3. The van der Waals surface area contributed by atoms with Gasteiger partial charge in [-0.3, -0.25) is 4.79 Å². The molecule has 1 aliphatic heterocycles. The van der Waals surface area contributed by atoms with Gasteiger partial charge in [0, 0.05) is 6.54 Å². The lowest BCUT2D eigenvalue weighted by Gasteiger charge is -2.16. The first-order valence-electron chi connectivity index (χ1n) is 6.35. The van der Waals surface area contributed by atoms with Gasteiger partial charge >= 0.3 is 5.97 Å². The van der Waals surface area contributed by atoms with Crippen LogP contribution in [0.15, 0.2) is 30.3 Å². The Hall–Kier alpha value is -1.39. The Morgan fingerprint density at radius 3 is 2.61 bits per heavy atom. The van der Waals surface area contributed by atoms with Crippen molar-refractivity contribution in [3.63, 3.8) is 0 Å². The number of carboxylic acid groups (broad SMARTS) is 1. The second kappa shape index (κ2) is 4.71. The van der Waals surface area contributed by atoms with E-state index in [0.717, 1.165) is 18.8 Å². The summed E-state index contributed by atoms with van der Waals surface area (Å²) in [5.41, 5.74) is 1.12. The number of aliphatic carboxylic acids is 1. The van der Waals surface area contributed by atoms with E-state index >= 15 is 0 Å². The summed E-state index contributed by atoms with van der Waals surface area (Å²) in [5.74, 6) is 0.411. The van der Waals surface area contributed by atoms with Crippen LogP contribution in [0, 0.1) is 17.8 Å². The number of hydrogen-bond acceptors (Lipinski definition) is 3. The first-order chi connectivity index (χ1) is 8.77. The first kappa shape index (κ1) is 11.7. The van der Waals surface area contributed by atoms with Crippen molar-refractivity contribution < 1.29 is 14.6 Å². The van der Waals surface area contributed by atoms with Gasteiger partial charge in [0.1, 0.15) is 6.04 Å². The Kier molecular flexibility index (Phi) is 3.06. The molecule has 1 aromatic rings. The summed E-state index contributed by atoms with van der Waals surface area (Å²) in [6, 6.07) is 9.45. The lowest BCUT2D eigenvalue weighted by molar-refractivity contribution is -0.140. The minimum absolute atomic E-state index is 0.250. The number of benzene rings is 1. The molecule has 1 saturated carbocycles. The van der Waals surface area contributed by atoms with E-state index in [2.05, 4.69) is 5.32 Å². The molecule has 0 amide bonds. The van der Waals surface area contributed by atoms with Crippen molar-refractivity contribution in [2.24, 2.45) is 17.8 Å². The van der Waals surface area contributed by atoms with Crippen molar-refractivity contribution in [3.05, 3.63) is 35.9 Å². The largest absolute Gasteiger partial charge is 0.480 e. The third-order valence-corrected chi connectivity index (χ3v) is 4.04. The van der Waals surface area contributed by atoms with Crippen molar-refractivity contribution in [3.8, 4) is 0 Å². The van der Waals surface area contributed by atoms with E-state index in [4.69, 9.17) is 4.74 Å². The lowest BCUT2D eigenvalue weighted by Crippen LogP contribution is -2.40. The molecule has 4 nitrogen and oxygen atoms in total. The second-order valence-corrected chi connectivity index (χ2v) is 5.12. The summed E-state index contributed by atoms with van der Waals surface area (Å²) in [6.45, 7) is 2.06. The van der Waals surface area contributed by atoms with Gasteiger partial charge in [0.15, 0.2) is 0 Å². The SMILES string of the molecule is O=C(O)[C@H](NCc1ccccc1)C1[C@H]2COC[C@H]12. The van der Waals surface area contributed by atoms with E-state index in [9.17, 15) is 9.90 Å². The third kappa shape index (κ3) is 2.13. The van der Waals surface area contributed by atoms with Crippen LogP contribution >= 0.6 is 0 Å². The predicted octanol–water partition coefficient (Wildman–Crippen LogP) is 1.12. The molecule has 0 radical (unpaired) electrons. The van der Waals surface area contributed by atoms with Gasteiger partial charge in [-0.05, 0) is 23.3 Å². The topological polar surface area (TPSA) is 58.6 Å². The van der Waals surface area contributed by atoms with Gasteiger partial charge in [0.05, 0.1) is 13.2 Å². The average Bonchev–Trinajstić information content (AvgIpc) is 2.85. The maximum Gasteiger partial charge on any atom is 0.321 e. The zero-order valence-electron chi connectivity index (χ0n) is 10.1. The monoisotopic (exact) mass is 247 g/mol. The summed E-state index contributed by atoms with van der Waals surface area (Å²) in [6.07, 6.45) is 0. The zero-order chi connectivity index (χ0) is 12.5. The van der Waals surface area contributed by atoms with Crippen LogP contribution in [0.25, 0.3) is 0 Å². The smallest absolute Gasteiger partial charge is 0.321 e. The van der Waals surface area contributed by atoms with Crippen molar-refractivity contribution in [1.29, 1.82) is 0 Å². The minimum atomic E-state index is -0.745. The molecule has 96 valence electrons. The molecule has 3 atom stereocenters. The zero-order valence-corrected chi connectivity index (χ0v) is 10.1. The van der Waals surface area contributed by atoms with E-state index in [1.165, 1.54) is 0 Å². The molecule has 0 unspecified atom stereocenters. The van der Waals surface area contributed by atoms with Gasteiger partial charge in [0.2, 0.25) is 0 Å². The molecule has 1 saturated heterocycles. The fourth-order valence-corrected chi connectivity index (χ4v) is 2.99. The van der Waals surface area contributed by atoms with Gasteiger partial charge in [0.25, 0.3) is 0 Å². The molecule has 0 bridgehead atoms. The molecule has 4 heteroatoms. The summed E-state index contributed by atoms with van der Waals surface area (Å²) in [4.78, 5) is 11.3. The van der Waals surface area contributed by atoms with E-state index in [1.54, 1.807) is 0 Å². The number of hydrogen-bond donors (Lipinski definition) is 2. The fraction of sp³-hybridized carbons (Fsp3) is 0.500. The highest BCUT2D eigenvalue weighted by atomic mass is 16.5. The van der Waals surface area contributed by atoms with Gasteiger partial charge in [-0.1, -0.05) is 30.3 Å². The van der Waals surface area contributed by atoms with Crippen LogP contribution in [0.3, 0.4) is 0 Å². The van der Waals surface area contributed by atoms with Gasteiger partial charge in [-0.15, -0.1) is 0 Å². The Morgan fingerprint density at radius 1 is 1.33 bits per heavy atom. The van der Waals surface area contributed by atoms with Crippen molar-refractivity contribution in [2.45, 2.75) is 12.6 Å². The lowest BCUT2D eigenvalue weighted by atomic mass is 10.1. The van der Waals surface area contributed by atoms with Gasteiger partial charge in [-0.2, -0.15) is 0 Å². The van der Waals surface area contributed by atoms with Crippen LogP contribution in [0.4, 0.5) is 0 Å². The van der Waals surface area contributed by atoms with Crippen LogP contribution < -0.4 is 5.32 Å². The minimum Gasteiger partial charge on any atom is -0.480 e. The molecule has 0 aromatic heterocycles. The second-order valence-electron chi connectivity index (χ2n) is 5.12. The van der Waals surface area contributed by atoms with Crippen LogP contribution in [-0.4, -0.2) is 30.3 Å². The maximum absolute atomic E-state index is 11.3. The molecule has 1 aromatic carbocycles. The molecule has 2 aliphatic rings. The molecular weight excluding hydrogens is 230 g/mol. The summed E-state index contributed by atoms with van der Waals surface area (Å²) in [7, 11) is 0. The highest BCUT2D eigenvalue weighted by Crippen LogP contribution is 2.52. The van der Waals surface area contributed by atoms with Crippen molar-refractivity contribution in [1.82, 2.24) is 5.32 Å². The van der Waals surface area contributed by atoms with E-state index in [1.807, 2.05) is 30.3 Å². The molecule has 3 rings (SSSR count). The van der Waals surface area contributed by atoms with E-state index < -0.39 is 12.0 Å². The Bertz CT molecular complexity index is 424. The van der Waals surface area contributed by atoms with Crippen LogP contribution in [0.1, 0.15) is 5.56 Å². The van der Waals surface area contributed by atoms with Crippen molar-refractivity contribution >= 4 is 5.97 Å². The van der Waals surface area contributed by atoms with Crippen molar-refractivity contribution in [2.75, 3.05) is 13.2 Å². The average molecular weight is 247 g/mol. The quantitative estimate of drug-likeness (QED) is 0.818. The van der Waals surface area contributed by atoms with E-state index in [0.29, 0.717) is 18.4 Å². The predicted molar refractivity (Wildman–Crippen MR) is 66.0 cm³/mol. The first-order valence-corrected chi connectivity index (χ1v) is 6.35. The number of carboxylic acids is 1. The molecular formula is C14H17NO3. The highest BCUT2D eigenvalue weighted by Gasteiger charge is 2.58. The van der Waals surface area contributed by atoms with Gasteiger partial charge in [-0.25, -0.2) is 0 Å².